The normalized spacial score (nSPS) is 15.1. The van der Waals surface area contributed by atoms with Crippen LogP contribution in [0, 0.1) is 0 Å². The molecule has 0 saturated carbocycles. The lowest BCUT2D eigenvalue weighted by Gasteiger charge is -2.10. The van der Waals surface area contributed by atoms with Gasteiger partial charge < -0.3 is 15.4 Å². The van der Waals surface area contributed by atoms with E-state index in [2.05, 4.69) is 0 Å². The molecule has 1 unspecified atom stereocenters. The zero-order valence-electron chi connectivity index (χ0n) is 8.14. The van der Waals surface area contributed by atoms with Crippen molar-refractivity contribution >= 4 is 11.2 Å². The van der Waals surface area contributed by atoms with Gasteiger partial charge in [-0.05, 0) is 35.8 Å². The van der Waals surface area contributed by atoms with Gasteiger partial charge in [-0.3, -0.25) is 0 Å². The number of aliphatic hydroxyl groups is 1. The number of rotatable bonds is 4. The van der Waals surface area contributed by atoms with Crippen molar-refractivity contribution in [3.8, 4) is 0 Å². The summed E-state index contributed by atoms with van der Waals surface area (Å²) < 4.78 is 11.4. The van der Waals surface area contributed by atoms with Crippen LogP contribution in [0.4, 0.5) is 0 Å². The van der Waals surface area contributed by atoms with Crippen molar-refractivity contribution in [2.45, 2.75) is 17.9 Å². The monoisotopic (exact) mass is 213 g/mol. The largest absolute Gasteiger partial charge is 0.611 e. The molecule has 0 fully saturated rings. The fourth-order valence-electron chi connectivity index (χ4n) is 1.14. The van der Waals surface area contributed by atoms with Gasteiger partial charge >= 0.3 is 0 Å². The first-order valence-electron chi connectivity index (χ1n) is 4.53. The molecular weight excluding hydrogens is 198 g/mol. The second kappa shape index (κ2) is 5.36. The van der Waals surface area contributed by atoms with E-state index in [9.17, 15) is 4.55 Å². The van der Waals surface area contributed by atoms with Crippen LogP contribution in [-0.4, -0.2) is 22.0 Å². The van der Waals surface area contributed by atoms with Crippen LogP contribution in [0.3, 0.4) is 0 Å². The fourth-order valence-corrected chi connectivity index (χ4v) is 1.91. The summed E-state index contributed by atoms with van der Waals surface area (Å²) in [7, 11) is 0. The predicted octanol–water partition coefficient (Wildman–Crippen LogP) is 0.806. The van der Waals surface area contributed by atoms with Crippen LogP contribution in [0.1, 0.15) is 18.5 Å². The van der Waals surface area contributed by atoms with Gasteiger partial charge in [0.05, 0.1) is 12.6 Å². The first-order valence-corrected chi connectivity index (χ1v) is 5.85. The van der Waals surface area contributed by atoms with Gasteiger partial charge in [-0.25, -0.2) is 0 Å². The van der Waals surface area contributed by atoms with E-state index in [-0.39, 0.29) is 12.6 Å². The highest BCUT2D eigenvalue weighted by Gasteiger charge is 2.09. The van der Waals surface area contributed by atoms with E-state index in [4.69, 9.17) is 10.8 Å². The predicted molar refractivity (Wildman–Crippen MR) is 57.4 cm³/mol. The quantitative estimate of drug-likeness (QED) is 0.727. The van der Waals surface area contributed by atoms with Gasteiger partial charge in [0.2, 0.25) is 0 Å². The molecule has 0 bridgehead atoms. The second-order valence-electron chi connectivity index (χ2n) is 2.99. The number of benzene rings is 1. The van der Waals surface area contributed by atoms with Gasteiger partial charge in [0.1, 0.15) is 5.75 Å². The lowest BCUT2D eigenvalue weighted by Crippen LogP contribution is -2.14. The van der Waals surface area contributed by atoms with Crippen LogP contribution in [0.25, 0.3) is 0 Å². The molecular formula is C10H15NO2S. The minimum absolute atomic E-state index is 0.0732. The molecule has 0 aliphatic carbocycles. The zero-order chi connectivity index (χ0) is 10.6. The minimum atomic E-state index is -0.917. The van der Waals surface area contributed by atoms with Crippen molar-refractivity contribution in [3.63, 3.8) is 0 Å². The number of hydrogen-bond donors (Lipinski definition) is 2. The van der Waals surface area contributed by atoms with Crippen molar-refractivity contribution in [1.29, 1.82) is 0 Å². The minimum Gasteiger partial charge on any atom is -0.611 e. The van der Waals surface area contributed by atoms with E-state index in [1.165, 1.54) is 0 Å². The molecule has 3 nitrogen and oxygen atoms in total. The Labute approximate surface area is 87.1 Å². The average molecular weight is 213 g/mol. The smallest absolute Gasteiger partial charge is 0.152 e. The molecule has 1 aromatic rings. The van der Waals surface area contributed by atoms with E-state index in [0.717, 1.165) is 10.5 Å². The van der Waals surface area contributed by atoms with Crippen LogP contribution in [0.5, 0.6) is 0 Å². The lowest BCUT2D eigenvalue weighted by molar-refractivity contribution is 0.268. The third-order valence-electron chi connectivity index (χ3n) is 2.03. The third-order valence-corrected chi connectivity index (χ3v) is 3.35. The average Bonchev–Trinajstić information content (AvgIpc) is 2.27. The zero-order valence-corrected chi connectivity index (χ0v) is 8.96. The fraction of sp³-hybridized carbons (Fsp3) is 0.400. The Morgan fingerprint density at radius 3 is 2.43 bits per heavy atom. The number of hydrogen-bond acceptors (Lipinski definition) is 3. The molecule has 4 heteroatoms. The second-order valence-corrected chi connectivity index (χ2v) is 4.73. The van der Waals surface area contributed by atoms with E-state index >= 15 is 0 Å². The maximum Gasteiger partial charge on any atom is 0.152 e. The summed E-state index contributed by atoms with van der Waals surface area (Å²) in [5.74, 6) is 0.616. The van der Waals surface area contributed by atoms with Gasteiger partial charge in [-0.15, -0.1) is 0 Å². The molecule has 3 N–H and O–H groups in total. The highest BCUT2D eigenvalue weighted by molar-refractivity contribution is 7.91. The molecule has 2 atom stereocenters. The molecule has 0 saturated heterocycles. The summed E-state index contributed by atoms with van der Waals surface area (Å²) in [6.07, 6.45) is 0. The molecule has 0 amide bonds. The lowest BCUT2D eigenvalue weighted by atomic mass is 10.1. The first-order chi connectivity index (χ1) is 6.69. The Kier molecular flexibility index (Phi) is 4.41. The van der Waals surface area contributed by atoms with Crippen molar-refractivity contribution < 1.29 is 9.66 Å². The number of aliphatic hydroxyl groups excluding tert-OH is 1. The van der Waals surface area contributed by atoms with Gasteiger partial charge in [0, 0.05) is 0 Å². The highest BCUT2D eigenvalue weighted by atomic mass is 32.2. The SMILES string of the molecule is CC[S+]([O-])c1ccc([C@@H](N)CO)cc1. The summed E-state index contributed by atoms with van der Waals surface area (Å²) in [6, 6.07) is 6.86. The van der Waals surface area contributed by atoms with Crippen molar-refractivity contribution in [2.24, 2.45) is 5.73 Å². The van der Waals surface area contributed by atoms with Gasteiger partial charge in [-0.1, -0.05) is 12.1 Å². The van der Waals surface area contributed by atoms with Gasteiger partial charge in [-0.2, -0.15) is 0 Å². The Balaban J connectivity index is 2.78. The van der Waals surface area contributed by atoms with Gasteiger partial charge in [0.25, 0.3) is 0 Å². The Morgan fingerprint density at radius 2 is 2.00 bits per heavy atom. The van der Waals surface area contributed by atoms with Gasteiger partial charge in [0.15, 0.2) is 4.90 Å². The van der Waals surface area contributed by atoms with E-state index in [0.29, 0.717) is 5.75 Å². The van der Waals surface area contributed by atoms with Crippen molar-refractivity contribution in [3.05, 3.63) is 29.8 Å². The molecule has 1 rings (SSSR count). The maximum absolute atomic E-state index is 11.4. The van der Waals surface area contributed by atoms with E-state index < -0.39 is 11.2 Å². The molecule has 0 aliphatic heterocycles. The molecule has 0 heterocycles. The maximum atomic E-state index is 11.4. The summed E-state index contributed by atoms with van der Waals surface area (Å²) in [4.78, 5) is 0.807. The van der Waals surface area contributed by atoms with Crippen LogP contribution >= 0.6 is 0 Å². The Bertz CT molecular complexity index is 247. The first kappa shape index (κ1) is 11.5. The topological polar surface area (TPSA) is 69.3 Å². The molecule has 78 valence electrons. The van der Waals surface area contributed by atoms with E-state index in [1.54, 1.807) is 12.1 Å². The third kappa shape index (κ3) is 2.72. The van der Waals surface area contributed by atoms with Crippen LogP contribution in [0.15, 0.2) is 29.2 Å². The Morgan fingerprint density at radius 1 is 1.43 bits per heavy atom. The molecule has 0 radical (unpaired) electrons. The van der Waals surface area contributed by atoms with Crippen LogP contribution < -0.4 is 5.73 Å². The van der Waals surface area contributed by atoms with Crippen molar-refractivity contribution in [2.75, 3.05) is 12.4 Å². The summed E-state index contributed by atoms with van der Waals surface area (Å²) in [5, 5.41) is 8.83. The standard InChI is InChI=1S/C10H15NO2S/c1-2-14(13)9-5-3-8(4-6-9)10(11)7-12/h3-6,10,12H,2,7,11H2,1H3/t10-,14?/m0/s1. The molecule has 1 aromatic carbocycles. The summed E-state index contributed by atoms with van der Waals surface area (Å²) in [6.45, 7) is 1.81. The summed E-state index contributed by atoms with van der Waals surface area (Å²) in [5.41, 5.74) is 6.49. The molecule has 14 heavy (non-hydrogen) atoms. The van der Waals surface area contributed by atoms with Crippen LogP contribution in [0.2, 0.25) is 0 Å². The van der Waals surface area contributed by atoms with Crippen molar-refractivity contribution in [1.82, 2.24) is 0 Å². The number of nitrogens with two attached hydrogens (primary N) is 1. The summed E-state index contributed by atoms with van der Waals surface area (Å²) >= 11 is -0.917. The molecule has 0 aromatic heterocycles. The van der Waals surface area contributed by atoms with E-state index in [1.807, 2.05) is 19.1 Å². The van der Waals surface area contributed by atoms with Crippen LogP contribution in [-0.2, 0) is 11.2 Å². The Hall–Kier alpha value is -0.550. The molecule has 0 spiro atoms. The highest BCUT2D eigenvalue weighted by Crippen LogP contribution is 2.15. The molecule has 0 aliphatic rings.